The monoisotopic (exact) mass is 288 g/mol. The van der Waals surface area contributed by atoms with Crippen LogP contribution in [0.25, 0.3) is 0 Å². The van der Waals surface area contributed by atoms with Gasteiger partial charge in [0, 0.05) is 6.04 Å². The number of rotatable bonds is 5. The lowest BCUT2D eigenvalue weighted by molar-refractivity contribution is -0.263. The van der Waals surface area contributed by atoms with Crippen molar-refractivity contribution in [2.45, 2.75) is 77.5 Å². The molecule has 0 radical (unpaired) electrons. The Kier molecular flexibility index (Phi) is 5.73. The summed E-state index contributed by atoms with van der Waals surface area (Å²) in [4.78, 5) is 5.87. The van der Waals surface area contributed by atoms with E-state index in [1.54, 1.807) is 32.8 Å². The zero-order valence-electron chi connectivity index (χ0n) is 13.4. The molecule has 1 atom stereocenters. The molecule has 1 rings (SSSR count). The van der Waals surface area contributed by atoms with Gasteiger partial charge in [-0.1, -0.05) is 19.3 Å². The predicted octanol–water partition coefficient (Wildman–Crippen LogP) is 3.30. The van der Waals surface area contributed by atoms with Gasteiger partial charge in [-0.3, -0.25) is 4.84 Å². The van der Waals surface area contributed by atoms with E-state index in [0.29, 0.717) is 0 Å². The zero-order valence-corrected chi connectivity index (χ0v) is 13.4. The third-order valence-corrected chi connectivity index (χ3v) is 3.89. The first-order chi connectivity index (χ1) is 9.77. The van der Waals surface area contributed by atoms with Gasteiger partial charge in [0.1, 0.15) is 6.04 Å². The van der Waals surface area contributed by atoms with Crippen LogP contribution >= 0.6 is 0 Å². The first kappa shape index (κ1) is 17.4. The summed E-state index contributed by atoms with van der Waals surface area (Å²) in [7, 11) is 0. The molecular formula is C16H24N4O. The Morgan fingerprint density at radius 3 is 2.00 bits per heavy atom. The third-order valence-electron chi connectivity index (χ3n) is 3.89. The van der Waals surface area contributed by atoms with E-state index in [1.165, 1.54) is 6.42 Å². The second kappa shape index (κ2) is 6.90. The molecule has 0 aromatic rings. The summed E-state index contributed by atoms with van der Waals surface area (Å²) in [6.07, 6.45) is 5.22. The molecular weight excluding hydrogens is 264 g/mol. The quantitative estimate of drug-likeness (QED) is 0.725. The molecule has 1 unspecified atom stereocenters. The van der Waals surface area contributed by atoms with E-state index in [0.717, 1.165) is 25.7 Å². The predicted molar refractivity (Wildman–Crippen MR) is 78.3 cm³/mol. The Bertz CT molecular complexity index is 472. The second-order valence-corrected chi connectivity index (χ2v) is 6.73. The largest absolute Gasteiger partial charge is 0.276 e. The molecule has 1 fully saturated rings. The lowest BCUT2D eigenvalue weighted by atomic mass is 9.84. The Morgan fingerprint density at radius 2 is 1.57 bits per heavy atom. The van der Waals surface area contributed by atoms with Crippen LogP contribution in [0.15, 0.2) is 0 Å². The molecule has 0 bridgehead atoms. The molecule has 114 valence electrons. The minimum absolute atomic E-state index is 0.0867. The van der Waals surface area contributed by atoms with Gasteiger partial charge in [0.2, 0.25) is 0 Å². The van der Waals surface area contributed by atoms with Crippen molar-refractivity contribution in [3.8, 4) is 18.2 Å². The van der Waals surface area contributed by atoms with E-state index >= 15 is 0 Å². The van der Waals surface area contributed by atoms with E-state index in [1.807, 2.05) is 0 Å². The molecule has 0 aromatic carbocycles. The van der Waals surface area contributed by atoms with Crippen LogP contribution in [0, 0.1) is 39.4 Å². The van der Waals surface area contributed by atoms with Crippen LogP contribution in [0.2, 0.25) is 0 Å². The molecule has 0 saturated heterocycles. The Labute approximate surface area is 127 Å². The Morgan fingerprint density at radius 1 is 1.00 bits per heavy atom. The van der Waals surface area contributed by atoms with Crippen molar-refractivity contribution in [2.24, 2.45) is 5.41 Å². The van der Waals surface area contributed by atoms with Crippen LogP contribution in [-0.4, -0.2) is 22.7 Å². The average Bonchev–Trinajstić information content (AvgIpc) is 2.47. The van der Waals surface area contributed by atoms with Gasteiger partial charge in [-0.05, 0) is 40.5 Å². The molecule has 0 heterocycles. The summed E-state index contributed by atoms with van der Waals surface area (Å²) in [6, 6.07) is 5.89. The topological polar surface area (TPSA) is 83.8 Å². The summed E-state index contributed by atoms with van der Waals surface area (Å²) < 4.78 is 0. The van der Waals surface area contributed by atoms with Crippen LogP contribution in [0.5, 0.6) is 0 Å². The van der Waals surface area contributed by atoms with Crippen LogP contribution in [0.3, 0.4) is 0 Å². The summed E-state index contributed by atoms with van der Waals surface area (Å²) in [5.74, 6) is 0. The lowest BCUT2D eigenvalue weighted by Crippen LogP contribution is -2.52. The smallest absolute Gasteiger partial charge is 0.170 e. The fourth-order valence-electron chi connectivity index (χ4n) is 2.56. The second-order valence-electron chi connectivity index (χ2n) is 6.73. The van der Waals surface area contributed by atoms with Gasteiger partial charge in [0.05, 0.1) is 23.6 Å². The SMILES string of the molecule is CC(C)(C#N)ON(C1CCCCC1)C(C#N)C(C)(C)C#N. The number of hydrogen-bond donors (Lipinski definition) is 0. The molecule has 1 aliphatic rings. The molecule has 0 aliphatic heterocycles. The first-order valence-corrected chi connectivity index (χ1v) is 7.47. The average molecular weight is 288 g/mol. The van der Waals surface area contributed by atoms with Gasteiger partial charge in [0.15, 0.2) is 5.60 Å². The van der Waals surface area contributed by atoms with Crippen molar-refractivity contribution in [2.75, 3.05) is 0 Å². The highest BCUT2D eigenvalue weighted by atomic mass is 16.7. The Hall–Kier alpha value is -1.61. The highest BCUT2D eigenvalue weighted by Crippen LogP contribution is 2.33. The first-order valence-electron chi connectivity index (χ1n) is 7.47. The fraction of sp³-hybridized carbons (Fsp3) is 0.812. The van der Waals surface area contributed by atoms with Gasteiger partial charge in [-0.2, -0.15) is 20.8 Å². The number of hydroxylamine groups is 2. The van der Waals surface area contributed by atoms with Crippen molar-refractivity contribution in [3.63, 3.8) is 0 Å². The van der Waals surface area contributed by atoms with Crippen molar-refractivity contribution in [3.05, 3.63) is 0 Å². The number of nitrogens with zero attached hydrogens (tertiary/aromatic N) is 4. The van der Waals surface area contributed by atoms with E-state index in [9.17, 15) is 15.8 Å². The van der Waals surface area contributed by atoms with E-state index in [-0.39, 0.29) is 6.04 Å². The highest BCUT2D eigenvalue weighted by molar-refractivity contribution is 5.11. The molecule has 5 nitrogen and oxygen atoms in total. The van der Waals surface area contributed by atoms with Gasteiger partial charge in [-0.15, -0.1) is 0 Å². The van der Waals surface area contributed by atoms with Crippen LogP contribution < -0.4 is 0 Å². The van der Waals surface area contributed by atoms with E-state index < -0.39 is 17.1 Å². The number of nitriles is 3. The van der Waals surface area contributed by atoms with Gasteiger partial charge >= 0.3 is 0 Å². The highest BCUT2D eigenvalue weighted by Gasteiger charge is 2.42. The third kappa shape index (κ3) is 4.43. The van der Waals surface area contributed by atoms with Crippen molar-refractivity contribution < 1.29 is 4.84 Å². The maximum absolute atomic E-state index is 9.56. The van der Waals surface area contributed by atoms with Gasteiger partial charge in [-0.25, -0.2) is 0 Å². The van der Waals surface area contributed by atoms with Crippen molar-refractivity contribution in [1.29, 1.82) is 15.8 Å². The maximum Gasteiger partial charge on any atom is 0.170 e. The molecule has 0 aromatic heterocycles. The summed E-state index contributed by atoms with van der Waals surface area (Å²) >= 11 is 0. The minimum atomic E-state index is -1.02. The normalized spacial score (nSPS) is 18.6. The molecule has 0 amide bonds. The molecule has 5 heteroatoms. The summed E-state index contributed by atoms with van der Waals surface area (Å²) in [6.45, 7) is 6.83. The number of hydrogen-bond acceptors (Lipinski definition) is 5. The Balaban J connectivity index is 3.09. The van der Waals surface area contributed by atoms with Crippen LogP contribution in [0.1, 0.15) is 59.8 Å². The molecule has 1 aliphatic carbocycles. The minimum Gasteiger partial charge on any atom is -0.276 e. The fourth-order valence-corrected chi connectivity index (χ4v) is 2.56. The molecule has 0 spiro atoms. The molecule has 21 heavy (non-hydrogen) atoms. The van der Waals surface area contributed by atoms with E-state index in [4.69, 9.17) is 4.84 Å². The van der Waals surface area contributed by atoms with E-state index in [2.05, 4.69) is 18.2 Å². The lowest BCUT2D eigenvalue weighted by Gasteiger charge is -2.42. The van der Waals surface area contributed by atoms with Gasteiger partial charge < -0.3 is 0 Å². The van der Waals surface area contributed by atoms with Gasteiger partial charge in [0.25, 0.3) is 0 Å². The summed E-state index contributed by atoms with van der Waals surface area (Å²) in [5.41, 5.74) is -1.88. The van der Waals surface area contributed by atoms with Crippen molar-refractivity contribution in [1.82, 2.24) is 5.06 Å². The van der Waals surface area contributed by atoms with Crippen LogP contribution in [-0.2, 0) is 4.84 Å². The maximum atomic E-state index is 9.56. The molecule has 1 saturated carbocycles. The molecule has 0 N–H and O–H groups in total. The standard InChI is InChI=1S/C16H24N4O/c1-15(2,11-18)14(10-17)20(21-16(3,4)12-19)13-8-6-5-7-9-13/h13-14H,5-9H2,1-4H3. The van der Waals surface area contributed by atoms with Crippen LogP contribution in [0.4, 0.5) is 0 Å². The zero-order chi connectivity index (χ0) is 16.1. The summed E-state index contributed by atoms with van der Waals surface area (Å²) in [5, 5.41) is 29.7. The van der Waals surface area contributed by atoms with Crippen molar-refractivity contribution >= 4 is 0 Å².